The summed E-state index contributed by atoms with van der Waals surface area (Å²) >= 11 is 0. The monoisotopic (exact) mass is 366 g/mol. The van der Waals surface area contributed by atoms with E-state index in [9.17, 15) is 13.2 Å². The van der Waals surface area contributed by atoms with Gasteiger partial charge < -0.3 is 14.2 Å². The van der Waals surface area contributed by atoms with Gasteiger partial charge in [0.05, 0.1) is 0 Å². The zero-order chi connectivity index (χ0) is 18.0. The second kappa shape index (κ2) is 5.79. The Bertz CT molecular complexity index is 529. The molecule has 0 N–H and O–H groups in total. The maximum Gasteiger partial charge on any atom is 0.411 e. The van der Waals surface area contributed by atoms with Crippen molar-refractivity contribution < 1.29 is 37.2 Å². The summed E-state index contributed by atoms with van der Waals surface area (Å²) in [5.74, 6) is -0.620. The van der Waals surface area contributed by atoms with Crippen LogP contribution in [0.3, 0.4) is 0 Å². The SMILES string of the molecule is CC1CCC2[C@@H](C)C(OCC(F)(F)F)OC3OC4(C)CCC1[C@]32OO4. The molecular formula is C17H25F3O5. The minimum absolute atomic E-state index is 0.0340. The Labute approximate surface area is 145 Å². The standard InChI is InChI=1S/C17H25F3O5/c1-9-4-5-12-10(2)13(21-8-16(18,19)20)22-14-17(12)11(9)6-7-15(3,23-14)24-25-17/h9-14H,4-8H2,1-3H3/t9?,10-,11?,12?,13?,14?,15?,17-/m1/s1. The Morgan fingerprint density at radius 1 is 1.08 bits per heavy atom. The van der Waals surface area contributed by atoms with Crippen LogP contribution in [0.5, 0.6) is 0 Å². The first-order chi connectivity index (χ1) is 11.6. The molecule has 4 heterocycles. The molecular weight excluding hydrogens is 341 g/mol. The van der Waals surface area contributed by atoms with E-state index in [1.807, 2.05) is 6.92 Å². The van der Waals surface area contributed by atoms with Gasteiger partial charge in [-0.25, -0.2) is 9.78 Å². The van der Waals surface area contributed by atoms with Crippen LogP contribution in [0.4, 0.5) is 13.2 Å². The number of fused-ring (bicyclic) bond motifs is 2. The molecule has 0 amide bonds. The second-order valence-electron chi connectivity index (χ2n) is 8.20. The van der Waals surface area contributed by atoms with E-state index in [2.05, 4.69) is 6.92 Å². The summed E-state index contributed by atoms with van der Waals surface area (Å²) in [7, 11) is 0. The Kier molecular flexibility index (Phi) is 4.16. The molecule has 1 saturated carbocycles. The van der Waals surface area contributed by atoms with Crippen LogP contribution in [-0.4, -0.2) is 36.8 Å². The van der Waals surface area contributed by atoms with E-state index in [0.29, 0.717) is 12.3 Å². The number of hydrogen-bond acceptors (Lipinski definition) is 5. The molecule has 5 nitrogen and oxygen atoms in total. The molecule has 8 atom stereocenters. The van der Waals surface area contributed by atoms with Crippen LogP contribution < -0.4 is 0 Å². The van der Waals surface area contributed by atoms with Crippen LogP contribution >= 0.6 is 0 Å². The fourth-order valence-corrected chi connectivity index (χ4v) is 5.24. The Morgan fingerprint density at radius 3 is 2.56 bits per heavy atom. The number of rotatable bonds is 2. The van der Waals surface area contributed by atoms with Gasteiger partial charge in [0.25, 0.3) is 0 Å². The zero-order valence-corrected chi connectivity index (χ0v) is 14.7. The minimum atomic E-state index is -4.39. The molecule has 0 aromatic heterocycles. The largest absolute Gasteiger partial charge is 0.411 e. The maximum absolute atomic E-state index is 12.6. The fourth-order valence-electron chi connectivity index (χ4n) is 5.24. The van der Waals surface area contributed by atoms with Gasteiger partial charge in [0.1, 0.15) is 6.61 Å². The molecule has 0 radical (unpaired) electrons. The van der Waals surface area contributed by atoms with Gasteiger partial charge in [-0.15, -0.1) is 0 Å². The highest BCUT2D eigenvalue weighted by Crippen LogP contribution is 2.60. The van der Waals surface area contributed by atoms with Crippen molar-refractivity contribution in [3.8, 4) is 0 Å². The van der Waals surface area contributed by atoms with E-state index in [1.54, 1.807) is 6.92 Å². The van der Waals surface area contributed by atoms with Gasteiger partial charge in [-0.2, -0.15) is 13.2 Å². The normalized spacial score (nSPS) is 52.6. The van der Waals surface area contributed by atoms with Crippen LogP contribution in [0, 0.1) is 23.7 Å². The summed E-state index contributed by atoms with van der Waals surface area (Å²) < 4.78 is 54.8. The van der Waals surface area contributed by atoms with Gasteiger partial charge in [-0.1, -0.05) is 13.8 Å². The number of halogens is 3. The van der Waals surface area contributed by atoms with Crippen molar-refractivity contribution >= 4 is 0 Å². The minimum Gasteiger partial charge on any atom is -0.343 e. The summed E-state index contributed by atoms with van der Waals surface area (Å²) in [5.41, 5.74) is -0.773. The Morgan fingerprint density at radius 2 is 1.84 bits per heavy atom. The van der Waals surface area contributed by atoms with Gasteiger partial charge in [0.2, 0.25) is 5.79 Å². The predicted octanol–water partition coefficient (Wildman–Crippen LogP) is 3.77. The second-order valence-corrected chi connectivity index (χ2v) is 8.20. The van der Waals surface area contributed by atoms with Gasteiger partial charge in [-0.3, -0.25) is 0 Å². The molecule has 4 saturated heterocycles. The van der Waals surface area contributed by atoms with Crippen molar-refractivity contribution in [2.24, 2.45) is 23.7 Å². The lowest BCUT2D eigenvalue weighted by Crippen LogP contribution is -2.70. The Hall–Kier alpha value is -0.410. The molecule has 144 valence electrons. The molecule has 1 aliphatic carbocycles. The molecule has 0 aromatic carbocycles. The molecule has 5 fully saturated rings. The number of hydrogen-bond donors (Lipinski definition) is 0. The summed E-state index contributed by atoms with van der Waals surface area (Å²) in [5, 5.41) is 0. The zero-order valence-electron chi connectivity index (χ0n) is 14.7. The highest BCUT2D eigenvalue weighted by atomic mass is 19.4. The lowest BCUT2D eigenvalue weighted by molar-refractivity contribution is -0.578. The predicted molar refractivity (Wildman–Crippen MR) is 78.8 cm³/mol. The quantitative estimate of drug-likeness (QED) is 0.696. The molecule has 2 bridgehead atoms. The van der Waals surface area contributed by atoms with Crippen LogP contribution in [0.2, 0.25) is 0 Å². The van der Waals surface area contributed by atoms with Crippen molar-refractivity contribution in [2.75, 3.05) is 6.61 Å². The van der Waals surface area contributed by atoms with Crippen molar-refractivity contribution in [3.05, 3.63) is 0 Å². The van der Waals surface area contributed by atoms with Crippen LogP contribution in [0.25, 0.3) is 0 Å². The van der Waals surface area contributed by atoms with Gasteiger partial charge in [0, 0.05) is 18.3 Å². The van der Waals surface area contributed by atoms with Gasteiger partial charge >= 0.3 is 6.18 Å². The summed E-state index contributed by atoms with van der Waals surface area (Å²) in [4.78, 5) is 11.6. The van der Waals surface area contributed by atoms with Gasteiger partial charge in [-0.05, 0) is 38.0 Å². The highest BCUT2D eigenvalue weighted by Gasteiger charge is 2.69. The van der Waals surface area contributed by atoms with Crippen molar-refractivity contribution in [1.29, 1.82) is 0 Å². The van der Waals surface area contributed by atoms with Crippen LogP contribution in [0.1, 0.15) is 46.5 Å². The van der Waals surface area contributed by atoms with E-state index in [1.165, 1.54) is 0 Å². The van der Waals surface area contributed by atoms with E-state index in [4.69, 9.17) is 24.0 Å². The molecule has 5 aliphatic rings. The average Bonchev–Trinajstić information content (AvgIpc) is 2.75. The third kappa shape index (κ3) is 2.81. The highest BCUT2D eigenvalue weighted by molar-refractivity contribution is 5.09. The van der Waals surface area contributed by atoms with Crippen LogP contribution in [0.15, 0.2) is 0 Å². The lowest BCUT2D eigenvalue weighted by atomic mass is 9.58. The number of ether oxygens (including phenoxy) is 3. The first-order valence-electron chi connectivity index (χ1n) is 9.03. The van der Waals surface area contributed by atoms with Crippen molar-refractivity contribution in [3.63, 3.8) is 0 Å². The lowest BCUT2D eigenvalue weighted by Gasteiger charge is -2.60. The first-order valence-corrected chi connectivity index (χ1v) is 9.03. The van der Waals surface area contributed by atoms with Crippen molar-refractivity contribution in [1.82, 2.24) is 0 Å². The summed E-state index contributed by atoms with van der Waals surface area (Å²) in [6.45, 7) is 4.51. The molecule has 25 heavy (non-hydrogen) atoms. The van der Waals surface area contributed by atoms with Crippen LogP contribution in [-0.2, 0) is 24.0 Å². The van der Waals surface area contributed by atoms with E-state index >= 15 is 0 Å². The smallest absolute Gasteiger partial charge is 0.343 e. The third-order valence-corrected chi connectivity index (χ3v) is 6.51. The van der Waals surface area contributed by atoms with E-state index in [-0.39, 0.29) is 17.8 Å². The maximum atomic E-state index is 12.6. The van der Waals surface area contributed by atoms with Gasteiger partial charge in [0.15, 0.2) is 18.2 Å². The van der Waals surface area contributed by atoms with E-state index in [0.717, 1.165) is 19.3 Å². The molecule has 1 spiro atoms. The molecule has 4 aliphatic heterocycles. The topological polar surface area (TPSA) is 46.2 Å². The number of alkyl halides is 3. The fraction of sp³-hybridized carbons (Fsp3) is 1.00. The summed E-state index contributed by atoms with van der Waals surface area (Å²) in [6.07, 6.45) is -2.76. The van der Waals surface area contributed by atoms with Crippen molar-refractivity contribution in [2.45, 2.75) is 76.6 Å². The summed E-state index contributed by atoms with van der Waals surface area (Å²) in [6, 6.07) is 0. The average molecular weight is 366 g/mol. The Balaban J connectivity index is 1.65. The molecule has 8 heteroatoms. The molecule has 5 rings (SSSR count). The molecule has 6 unspecified atom stereocenters. The third-order valence-electron chi connectivity index (χ3n) is 6.51. The molecule has 0 aromatic rings. The first kappa shape index (κ1) is 18.0. The van der Waals surface area contributed by atoms with E-state index < -0.39 is 36.8 Å².